The lowest BCUT2D eigenvalue weighted by Crippen LogP contribution is -2.02. The van der Waals surface area contributed by atoms with Crippen LogP contribution in [0.25, 0.3) is 0 Å². The summed E-state index contributed by atoms with van der Waals surface area (Å²) in [7, 11) is 0. The maximum atomic E-state index is 4.35. The highest BCUT2D eigenvalue weighted by Crippen LogP contribution is 2.25. The van der Waals surface area contributed by atoms with Crippen molar-refractivity contribution in [1.29, 1.82) is 0 Å². The number of thioether (sulfide) groups is 1. The Morgan fingerprint density at radius 3 is 2.79 bits per heavy atom. The van der Waals surface area contributed by atoms with Crippen LogP contribution in [0.3, 0.4) is 0 Å². The van der Waals surface area contributed by atoms with Gasteiger partial charge in [0.25, 0.3) is 0 Å². The van der Waals surface area contributed by atoms with Gasteiger partial charge in [0.1, 0.15) is 5.82 Å². The van der Waals surface area contributed by atoms with Gasteiger partial charge in [0.15, 0.2) is 5.16 Å². The summed E-state index contributed by atoms with van der Waals surface area (Å²) in [6.07, 6.45) is 4.89. The van der Waals surface area contributed by atoms with Crippen LogP contribution in [0.1, 0.15) is 30.7 Å². The molecule has 19 heavy (non-hydrogen) atoms. The van der Waals surface area contributed by atoms with Gasteiger partial charge in [-0.2, -0.15) is 0 Å². The van der Waals surface area contributed by atoms with Crippen LogP contribution in [0.15, 0.2) is 29.4 Å². The molecule has 2 heterocycles. The fourth-order valence-electron chi connectivity index (χ4n) is 2.29. The fourth-order valence-corrected chi connectivity index (χ4v) is 3.59. The third kappa shape index (κ3) is 3.31. The summed E-state index contributed by atoms with van der Waals surface area (Å²) in [6.45, 7) is 1.08. The van der Waals surface area contributed by atoms with Crippen molar-refractivity contribution in [2.45, 2.75) is 43.1 Å². The van der Waals surface area contributed by atoms with Crippen molar-refractivity contribution in [2.24, 2.45) is 0 Å². The van der Waals surface area contributed by atoms with Gasteiger partial charge in [-0.15, -0.1) is 10.2 Å². The summed E-state index contributed by atoms with van der Waals surface area (Å²) < 4.78 is 3.59. The van der Waals surface area contributed by atoms with Gasteiger partial charge < -0.3 is 4.57 Å². The zero-order valence-electron chi connectivity index (χ0n) is 10.7. The minimum atomic E-state index is 0.967. The van der Waals surface area contributed by atoms with Crippen LogP contribution in [0.2, 0.25) is 0 Å². The molecule has 0 amide bonds. The summed E-state index contributed by atoms with van der Waals surface area (Å²) in [5.41, 5.74) is 1.34. The molecule has 1 aliphatic heterocycles. The summed E-state index contributed by atoms with van der Waals surface area (Å²) in [6, 6.07) is 8.69. The van der Waals surface area contributed by atoms with E-state index in [4.69, 9.17) is 0 Å². The van der Waals surface area contributed by atoms with E-state index in [0.29, 0.717) is 0 Å². The molecule has 1 aliphatic rings. The van der Waals surface area contributed by atoms with E-state index in [1.54, 1.807) is 11.8 Å². The van der Waals surface area contributed by atoms with E-state index < -0.39 is 0 Å². The van der Waals surface area contributed by atoms with E-state index in [9.17, 15) is 0 Å². The molecule has 3 nitrogen and oxygen atoms in total. The first-order chi connectivity index (χ1) is 9.33. The molecule has 0 saturated heterocycles. The van der Waals surface area contributed by atoms with Crippen LogP contribution in [0.5, 0.6) is 0 Å². The second kappa shape index (κ2) is 6.26. The molecular weight excluding hydrogens is 369 g/mol. The number of nitrogens with zero attached hydrogens (tertiary/aromatic N) is 3. The first-order valence-electron chi connectivity index (χ1n) is 6.62. The Morgan fingerprint density at radius 2 is 1.95 bits per heavy atom. The van der Waals surface area contributed by atoms with Gasteiger partial charge in [-0.05, 0) is 53.1 Å². The van der Waals surface area contributed by atoms with Crippen LogP contribution < -0.4 is 0 Å². The van der Waals surface area contributed by atoms with E-state index in [1.165, 1.54) is 34.2 Å². The molecule has 1 aromatic heterocycles. The molecule has 0 atom stereocenters. The highest BCUT2D eigenvalue weighted by molar-refractivity contribution is 14.1. The Morgan fingerprint density at radius 1 is 1.11 bits per heavy atom. The fraction of sp³-hybridized carbons (Fsp3) is 0.429. The minimum absolute atomic E-state index is 0.967. The van der Waals surface area contributed by atoms with E-state index >= 15 is 0 Å². The number of aromatic nitrogens is 3. The average Bonchev–Trinajstić information content (AvgIpc) is 2.66. The summed E-state index contributed by atoms with van der Waals surface area (Å²) in [5.74, 6) is 2.14. The van der Waals surface area contributed by atoms with Crippen molar-refractivity contribution in [3.63, 3.8) is 0 Å². The Kier molecular flexibility index (Phi) is 4.42. The molecule has 0 bridgehead atoms. The van der Waals surface area contributed by atoms with Gasteiger partial charge in [0, 0.05) is 22.3 Å². The SMILES string of the molecule is Ic1ccc(CSc2nnc3n2CCCCC3)cc1. The van der Waals surface area contributed by atoms with Crippen LogP contribution >= 0.6 is 34.4 Å². The van der Waals surface area contributed by atoms with Gasteiger partial charge in [0.05, 0.1) is 0 Å². The van der Waals surface area contributed by atoms with Crippen LogP contribution in [0.4, 0.5) is 0 Å². The monoisotopic (exact) mass is 385 g/mol. The Bertz CT molecular complexity index is 550. The molecule has 0 saturated carbocycles. The number of fused-ring (bicyclic) bond motifs is 1. The smallest absolute Gasteiger partial charge is 0.191 e. The minimum Gasteiger partial charge on any atom is -0.306 e. The molecule has 0 unspecified atom stereocenters. The zero-order valence-corrected chi connectivity index (χ0v) is 13.7. The second-order valence-electron chi connectivity index (χ2n) is 4.78. The molecule has 100 valence electrons. The molecule has 1 aromatic carbocycles. The largest absolute Gasteiger partial charge is 0.306 e. The van der Waals surface area contributed by atoms with Crippen molar-refractivity contribution in [3.8, 4) is 0 Å². The number of hydrogen-bond acceptors (Lipinski definition) is 3. The Hall–Kier alpha value is -0.560. The van der Waals surface area contributed by atoms with Gasteiger partial charge >= 0.3 is 0 Å². The second-order valence-corrected chi connectivity index (χ2v) is 6.96. The van der Waals surface area contributed by atoms with E-state index in [-0.39, 0.29) is 0 Å². The van der Waals surface area contributed by atoms with Crippen molar-refractivity contribution in [1.82, 2.24) is 14.8 Å². The average molecular weight is 385 g/mol. The highest BCUT2D eigenvalue weighted by Gasteiger charge is 2.14. The predicted molar refractivity (Wildman–Crippen MR) is 86.3 cm³/mol. The quantitative estimate of drug-likeness (QED) is 0.593. The maximum absolute atomic E-state index is 4.35. The highest BCUT2D eigenvalue weighted by atomic mass is 127. The molecule has 0 radical (unpaired) electrons. The Balaban J connectivity index is 1.70. The first-order valence-corrected chi connectivity index (χ1v) is 8.69. The normalized spacial score (nSPS) is 15.0. The number of benzene rings is 1. The predicted octanol–water partition coefficient (Wildman–Crippen LogP) is 3.90. The van der Waals surface area contributed by atoms with Crippen molar-refractivity contribution < 1.29 is 0 Å². The lowest BCUT2D eigenvalue weighted by atomic mass is 10.2. The summed E-state index contributed by atoms with van der Waals surface area (Å²) >= 11 is 4.13. The third-order valence-corrected chi connectivity index (χ3v) is 5.11. The summed E-state index contributed by atoms with van der Waals surface area (Å²) in [4.78, 5) is 0. The first kappa shape index (κ1) is 13.4. The molecule has 0 spiro atoms. The van der Waals surface area contributed by atoms with Gasteiger partial charge in [-0.3, -0.25) is 0 Å². The van der Waals surface area contributed by atoms with Crippen molar-refractivity contribution in [2.75, 3.05) is 0 Å². The summed E-state index contributed by atoms with van der Waals surface area (Å²) in [5, 5.41) is 9.76. The van der Waals surface area contributed by atoms with Crippen LogP contribution in [0, 0.1) is 3.57 Å². The van der Waals surface area contributed by atoms with E-state index in [0.717, 1.165) is 23.9 Å². The molecule has 0 fully saturated rings. The van der Waals surface area contributed by atoms with Crippen LogP contribution in [-0.4, -0.2) is 14.8 Å². The van der Waals surface area contributed by atoms with Crippen LogP contribution in [-0.2, 0) is 18.7 Å². The number of rotatable bonds is 3. The van der Waals surface area contributed by atoms with E-state index in [1.807, 2.05) is 0 Å². The maximum Gasteiger partial charge on any atom is 0.191 e. The zero-order chi connectivity index (χ0) is 13.1. The lowest BCUT2D eigenvalue weighted by molar-refractivity contribution is 0.591. The van der Waals surface area contributed by atoms with Gasteiger partial charge in [-0.1, -0.05) is 30.3 Å². The lowest BCUT2D eigenvalue weighted by Gasteiger charge is -2.06. The topological polar surface area (TPSA) is 30.7 Å². The molecule has 5 heteroatoms. The standard InChI is InChI=1S/C14H16IN3S/c15-12-7-5-11(6-8-12)10-19-14-17-16-13-4-2-1-3-9-18(13)14/h5-8H,1-4,9-10H2. The molecular formula is C14H16IN3S. The molecule has 0 aliphatic carbocycles. The van der Waals surface area contributed by atoms with E-state index in [2.05, 4.69) is 61.6 Å². The number of halogens is 1. The van der Waals surface area contributed by atoms with Gasteiger partial charge in [0.2, 0.25) is 0 Å². The van der Waals surface area contributed by atoms with Crippen molar-refractivity contribution in [3.05, 3.63) is 39.2 Å². The molecule has 0 N–H and O–H groups in total. The number of hydrogen-bond donors (Lipinski definition) is 0. The Labute approximate surface area is 131 Å². The van der Waals surface area contributed by atoms with Crippen molar-refractivity contribution >= 4 is 34.4 Å². The molecule has 2 aromatic rings. The van der Waals surface area contributed by atoms with Gasteiger partial charge in [-0.25, -0.2) is 0 Å². The molecule has 3 rings (SSSR count). The number of aryl methyl sites for hydroxylation is 1. The third-order valence-electron chi connectivity index (χ3n) is 3.36.